The van der Waals surface area contributed by atoms with Gasteiger partial charge in [0, 0.05) is 43.1 Å². The number of anilines is 2. The van der Waals surface area contributed by atoms with Gasteiger partial charge in [-0.05, 0) is 66.9 Å². The fourth-order valence-corrected chi connectivity index (χ4v) is 4.69. The molecule has 0 bridgehead atoms. The molecule has 0 aromatic heterocycles. The van der Waals surface area contributed by atoms with Crippen LogP contribution in [0.4, 0.5) is 11.4 Å². The first-order valence-corrected chi connectivity index (χ1v) is 12.0. The lowest BCUT2D eigenvalue weighted by atomic mass is 10.00. The van der Waals surface area contributed by atoms with Crippen LogP contribution in [0.3, 0.4) is 0 Å². The van der Waals surface area contributed by atoms with Gasteiger partial charge in [-0.1, -0.05) is 24.3 Å². The molecule has 0 spiro atoms. The van der Waals surface area contributed by atoms with E-state index < -0.39 is 10.0 Å². The van der Waals surface area contributed by atoms with Crippen LogP contribution < -0.4 is 10.2 Å². The number of fused-ring (bicyclic) bond motifs is 1. The van der Waals surface area contributed by atoms with Gasteiger partial charge in [-0.25, -0.2) is 12.7 Å². The molecule has 1 aliphatic heterocycles. The van der Waals surface area contributed by atoms with Gasteiger partial charge in [0.05, 0.1) is 4.90 Å². The van der Waals surface area contributed by atoms with E-state index >= 15 is 0 Å². The molecular weight excluding hydrogens is 438 g/mol. The second kappa shape index (κ2) is 9.17. The number of carbonyl (C=O) groups is 2. The predicted molar refractivity (Wildman–Crippen MR) is 128 cm³/mol. The molecule has 1 aliphatic rings. The van der Waals surface area contributed by atoms with E-state index in [2.05, 4.69) is 5.32 Å². The average Bonchev–Trinajstić information content (AvgIpc) is 2.83. The van der Waals surface area contributed by atoms with Crippen LogP contribution in [-0.4, -0.2) is 45.2 Å². The number of nitrogens with zero attached hydrogens (tertiary/aromatic N) is 2. The molecule has 4 rings (SSSR count). The lowest BCUT2D eigenvalue weighted by molar-refractivity contribution is 0.0984. The summed E-state index contributed by atoms with van der Waals surface area (Å²) in [5, 5.41) is 2.85. The zero-order valence-corrected chi connectivity index (χ0v) is 19.3. The van der Waals surface area contributed by atoms with Gasteiger partial charge in [-0.3, -0.25) is 9.59 Å². The molecule has 0 fully saturated rings. The van der Waals surface area contributed by atoms with E-state index in [0.29, 0.717) is 23.4 Å². The quantitative estimate of drug-likeness (QED) is 0.624. The van der Waals surface area contributed by atoms with E-state index in [1.807, 2.05) is 36.4 Å². The number of hydrogen-bond acceptors (Lipinski definition) is 4. The van der Waals surface area contributed by atoms with Crippen LogP contribution in [0.2, 0.25) is 0 Å². The maximum atomic E-state index is 13.1. The van der Waals surface area contributed by atoms with Gasteiger partial charge in [0.25, 0.3) is 11.8 Å². The van der Waals surface area contributed by atoms with Crippen molar-refractivity contribution in [1.29, 1.82) is 0 Å². The summed E-state index contributed by atoms with van der Waals surface area (Å²) in [6.45, 7) is 0.611. The number of rotatable bonds is 5. The number of aryl methyl sites for hydroxylation is 1. The molecule has 0 atom stereocenters. The van der Waals surface area contributed by atoms with Crippen LogP contribution >= 0.6 is 0 Å². The van der Waals surface area contributed by atoms with Gasteiger partial charge in [-0.2, -0.15) is 0 Å². The Morgan fingerprint density at radius 2 is 1.61 bits per heavy atom. The molecule has 0 unspecified atom stereocenters. The SMILES string of the molecule is CN(C)S(=O)(=O)c1ccc(C(=O)Nc2ccc3c(c2)N(C(=O)c2ccccc2)CCC3)cc1. The fraction of sp³-hybridized carbons (Fsp3) is 0.200. The molecule has 1 heterocycles. The van der Waals surface area contributed by atoms with Crippen molar-refractivity contribution >= 4 is 33.2 Å². The lowest BCUT2D eigenvalue weighted by Crippen LogP contribution is -2.35. The maximum absolute atomic E-state index is 13.1. The molecule has 170 valence electrons. The molecule has 3 aromatic carbocycles. The minimum atomic E-state index is -3.56. The summed E-state index contributed by atoms with van der Waals surface area (Å²) in [5.74, 6) is -0.432. The normalized spacial score (nSPS) is 13.5. The van der Waals surface area contributed by atoms with Crippen molar-refractivity contribution < 1.29 is 18.0 Å². The van der Waals surface area contributed by atoms with Crippen molar-refractivity contribution in [3.8, 4) is 0 Å². The molecule has 3 aromatic rings. The Bertz CT molecular complexity index is 1290. The summed E-state index contributed by atoms with van der Waals surface area (Å²) in [6.07, 6.45) is 1.74. The second-order valence-corrected chi connectivity index (χ2v) is 10.2. The third kappa shape index (κ3) is 4.67. The molecule has 0 saturated heterocycles. The summed E-state index contributed by atoms with van der Waals surface area (Å²) in [6, 6.07) is 20.5. The smallest absolute Gasteiger partial charge is 0.258 e. The summed E-state index contributed by atoms with van der Waals surface area (Å²) >= 11 is 0. The highest BCUT2D eigenvalue weighted by Gasteiger charge is 2.24. The summed E-state index contributed by atoms with van der Waals surface area (Å²) < 4.78 is 25.6. The highest BCUT2D eigenvalue weighted by atomic mass is 32.2. The first-order chi connectivity index (χ1) is 15.8. The van der Waals surface area contributed by atoms with Crippen LogP contribution in [0.15, 0.2) is 77.7 Å². The first-order valence-electron chi connectivity index (χ1n) is 10.6. The van der Waals surface area contributed by atoms with Crippen molar-refractivity contribution in [3.63, 3.8) is 0 Å². The molecule has 33 heavy (non-hydrogen) atoms. The van der Waals surface area contributed by atoms with Crippen molar-refractivity contribution in [2.75, 3.05) is 30.9 Å². The Morgan fingerprint density at radius 3 is 2.27 bits per heavy atom. The topological polar surface area (TPSA) is 86.8 Å². The highest BCUT2D eigenvalue weighted by Crippen LogP contribution is 2.31. The minimum absolute atomic E-state index is 0.0716. The van der Waals surface area contributed by atoms with E-state index in [0.717, 1.165) is 28.4 Å². The molecule has 1 N–H and O–H groups in total. The van der Waals surface area contributed by atoms with Crippen LogP contribution in [0.5, 0.6) is 0 Å². The third-order valence-electron chi connectivity index (χ3n) is 5.62. The van der Waals surface area contributed by atoms with E-state index in [-0.39, 0.29) is 16.7 Å². The summed E-state index contributed by atoms with van der Waals surface area (Å²) in [7, 11) is -0.649. The van der Waals surface area contributed by atoms with E-state index in [9.17, 15) is 18.0 Å². The zero-order chi connectivity index (χ0) is 23.6. The molecule has 0 radical (unpaired) electrons. The number of amides is 2. The number of sulfonamides is 1. The predicted octanol–water partition coefficient (Wildman–Crippen LogP) is 3.78. The number of hydrogen-bond donors (Lipinski definition) is 1. The molecule has 7 nitrogen and oxygen atoms in total. The van der Waals surface area contributed by atoms with Crippen LogP contribution in [0, 0.1) is 0 Å². The molecular formula is C25H25N3O4S. The van der Waals surface area contributed by atoms with Crippen molar-refractivity contribution in [1.82, 2.24) is 4.31 Å². The van der Waals surface area contributed by atoms with E-state index in [1.54, 1.807) is 17.0 Å². The zero-order valence-electron chi connectivity index (χ0n) is 18.5. The van der Waals surface area contributed by atoms with Crippen molar-refractivity contribution in [2.45, 2.75) is 17.7 Å². The van der Waals surface area contributed by atoms with Gasteiger partial charge < -0.3 is 10.2 Å². The number of benzene rings is 3. The van der Waals surface area contributed by atoms with Gasteiger partial charge in [-0.15, -0.1) is 0 Å². The Kier molecular flexibility index (Phi) is 6.31. The summed E-state index contributed by atoms with van der Waals surface area (Å²) in [5.41, 5.74) is 3.37. The molecule has 2 amide bonds. The third-order valence-corrected chi connectivity index (χ3v) is 7.45. The average molecular weight is 464 g/mol. The van der Waals surface area contributed by atoms with Crippen LogP contribution in [0.25, 0.3) is 0 Å². The number of nitrogens with one attached hydrogen (secondary N) is 1. The van der Waals surface area contributed by atoms with Gasteiger partial charge >= 0.3 is 0 Å². The maximum Gasteiger partial charge on any atom is 0.258 e. The number of carbonyl (C=O) groups excluding carboxylic acids is 2. The van der Waals surface area contributed by atoms with Crippen LogP contribution in [-0.2, 0) is 16.4 Å². The second-order valence-electron chi connectivity index (χ2n) is 8.04. The molecule has 0 aliphatic carbocycles. The van der Waals surface area contributed by atoms with Crippen molar-refractivity contribution in [2.24, 2.45) is 0 Å². The fourth-order valence-electron chi connectivity index (χ4n) is 3.79. The lowest BCUT2D eigenvalue weighted by Gasteiger charge is -2.30. The Morgan fingerprint density at radius 1 is 0.909 bits per heavy atom. The monoisotopic (exact) mass is 463 g/mol. The molecule has 8 heteroatoms. The standard InChI is InChI=1S/C25H25N3O4S/c1-27(2)33(31,32)22-14-11-19(12-15-22)24(29)26-21-13-10-18-9-6-16-28(23(18)17-21)25(30)20-7-4-3-5-8-20/h3-5,7-8,10-15,17H,6,9,16H2,1-2H3,(H,26,29). The van der Waals surface area contributed by atoms with Gasteiger partial charge in [0.15, 0.2) is 0 Å². The minimum Gasteiger partial charge on any atom is -0.322 e. The van der Waals surface area contributed by atoms with E-state index in [4.69, 9.17) is 0 Å². The molecule has 0 saturated carbocycles. The first kappa shape index (κ1) is 22.7. The van der Waals surface area contributed by atoms with Crippen LogP contribution in [0.1, 0.15) is 32.7 Å². The van der Waals surface area contributed by atoms with E-state index in [1.165, 1.54) is 38.4 Å². The van der Waals surface area contributed by atoms with Gasteiger partial charge in [0.1, 0.15) is 0 Å². The van der Waals surface area contributed by atoms with Gasteiger partial charge in [0.2, 0.25) is 10.0 Å². The largest absolute Gasteiger partial charge is 0.322 e. The summed E-state index contributed by atoms with van der Waals surface area (Å²) in [4.78, 5) is 27.7. The highest BCUT2D eigenvalue weighted by molar-refractivity contribution is 7.89. The Balaban J connectivity index is 1.55. The Hall–Kier alpha value is -3.49. The Labute approximate surface area is 193 Å². The van der Waals surface area contributed by atoms with Crippen molar-refractivity contribution in [3.05, 3.63) is 89.5 Å².